The van der Waals surface area contributed by atoms with Crippen LogP contribution in [0.15, 0.2) is 28.4 Å². The fraction of sp³-hybridized carbons (Fsp3) is 0.200. The van der Waals surface area contributed by atoms with Crippen LogP contribution in [-0.4, -0.2) is 17.0 Å². The maximum absolute atomic E-state index is 5.81. The average Bonchev–Trinajstić information content (AvgIpc) is 2.64. The van der Waals surface area contributed by atoms with E-state index in [0.717, 1.165) is 16.8 Å². The first-order valence-corrected chi connectivity index (χ1v) is 6.33. The molecule has 0 saturated carbocycles. The molecule has 0 aliphatic carbocycles. The number of anilines is 2. The summed E-state index contributed by atoms with van der Waals surface area (Å²) in [5, 5.41) is 2.06. The van der Waals surface area contributed by atoms with Crippen LogP contribution in [0.4, 0.5) is 11.5 Å². The minimum absolute atomic E-state index is 0.598. The van der Waals surface area contributed by atoms with E-state index in [1.807, 2.05) is 11.9 Å². The molecule has 84 valence electrons. The average molecular weight is 299 g/mol. The van der Waals surface area contributed by atoms with Gasteiger partial charge in [0, 0.05) is 21.8 Å². The normalized spacial score (nSPS) is 10.4. The van der Waals surface area contributed by atoms with E-state index < -0.39 is 0 Å². The number of hydrogen-bond acceptors (Lipinski definition) is 5. The molecule has 2 rings (SSSR count). The van der Waals surface area contributed by atoms with Gasteiger partial charge in [-0.05, 0) is 22.0 Å². The molecule has 2 N–H and O–H groups in total. The van der Waals surface area contributed by atoms with Gasteiger partial charge in [0.2, 0.25) is 0 Å². The lowest BCUT2D eigenvalue weighted by Crippen LogP contribution is -2.18. The zero-order valence-corrected chi connectivity index (χ0v) is 11.1. The number of thiophene rings is 1. The van der Waals surface area contributed by atoms with Crippen molar-refractivity contribution < 1.29 is 0 Å². The molecule has 4 nitrogen and oxygen atoms in total. The molecule has 0 atom stereocenters. The number of rotatable bonds is 3. The van der Waals surface area contributed by atoms with Crippen LogP contribution in [0.2, 0.25) is 0 Å². The van der Waals surface area contributed by atoms with Gasteiger partial charge in [0.1, 0.15) is 6.33 Å². The van der Waals surface area contributed by atoms with Gasteiger partial charge in [0.15, 0.2) is 5.82 Å². The molecule has 2 aromatic rings. The van der Waals surface area contributed by atoms with Crippen molar-refractivity contribution in [3.05, 3.63) is 33.3 Å². The van der Waals surface area contributed by atoms with Crippen molar-refractivity contribution >= 4 is 38.8 Å². The Bertz CT molecular complexity index is 485. The summed E-state index contributed by atoms with van der Waals surface area (Å²) in [6.45, 7) is 0.789. The molecule has 0 amide bonds. The Morgan fingerprint density at radius 2 is 2.38 bits per heavy atom. The van der Waals surface area contributed by atoms with Crippen molar-refractivity contribution in [1.29, 1.82) is 0 Å². The molecule has 16 heavy (non-hydrogen) atoms. The zero-order valence-electron chi connectivity index (χ0n) is 8.72. The molecular formula is C10H11BrN4S. The summed E-state index contributed by atoms with van der Waals surface area (Å²) in [6, 6.07) is 2.10. The van der Waals surface area contributed by atoms with Crippen molar-refractivity contribution in [2.45, 2.75) is 6.54 Å². The first-order valence-electron chi connectivity index (χ1n) is 4.66. The molecule has 2 aromatic heterocycles. The lowest BCUT2D eigenvalue weighted by molar-refractivity contribution is 0.907. The largest absolute Gasteiger partial charge is 0.394 e. The van der Waals surface area contributed by atoms with Crippen LogP contribution in [-0.2, 0) is 6.54 Å². The Morgan fingerprint density at radius 3 is 3.00 bits per heavy atom. The van der Waals surface area contributed by atoms with Crippen molar-refractivity contribution in [2.75, 3.05) is 17.7 Å². The summed E-state index contributed by atoms with van der Waals surface area (Å²) < 4.78 is 1.11. The van der Waals surface area contributed by atoms with E-state index >= 15 is 0 Å². The Balaban J connectivity index is 2.14. The molecule has 0 bridgehead atoms. The van der Waals surface area contributed by atoms with Gasteiger partial charge in [-0.3, -0.25) is 0 Å². The monoisotopic (exact) mass is 298 g/mol. The Morgan fingerprint density at radius 1 is 1.56 bits per heavy atom. The molecule has 0 unspecified atom stereocenters. The van der Waals surface area contributed by atoms with Crippen LogP contribution in [0.1, 0.15) is 4.88 Å². The van der Waals surface area contributed by atoms with Crippen LogP contribution >= 0.6 is 27.3 Å². The smallest absolute Gasteiger partial charge is 0.155 e. The fourth-order valence-electron chi connectivity index (χ4n) is 1.40. The van der Waals surface area contributed by atoms with E-state index in [9.17, 15) is 0 Å². The highest BCUT2D eigenvalue weighted by Crippen LogP contribution is 2.24. The lowest BCUT2D eigenvalue weighted by atomic mass is 10.4. The van der Waals surface area contributed by atoms with E-state index in [4.69, 9.17) is 5.73 Å². The molecule has 6 heteroatoms. The molecule has 0 fully saturated rings. The summed E-state index contributed by atoms with van der Waals surface area (Å²) in [6.07, 6.45) is 3.12. The highest BCUT2D eigenvalue weighted by Gasteiger charge is 2.08. The van der Waals surface area contributed by atoms with E-state index in [-0.39, 0.29) is 0 Å². The number of halogens is 1. The van der Waals surface area contributed by atoms with Gasteiger partial charge in [-0.1, -0.05) is 0 Å². The van der Waals surface area contributed by atoms with Crippen molar-refractivity contribution in [2.24, 2.45) is 0 Å². The van der Waals surface area contributed by atoms with Gasteiger partial charge in [0.25, 0.3) is 0 Å². The topological polar surface area (TPSA) is 55.0 Å². The minimum Gasteiger partial charge on any atom is -0.394 e. The van der Waals surface area contributed by atoms with Crippen molar-refractivity contribution in [3.63, 3.8) is 0 Å². The molecular weight excluding hydrogens is 288 g/mol. The van der Waals surface area contributed by atoms with E-state index in [2.05, 4.69) is 37.3 Å². The number of hydrogen-bond donors (Lipinski definition) is 1. The number of nitrogens with zero attached hydrogens (tertiary/aromatic N) is 3. The third-order valence-corrected chi connectivity index (χ3v) is 3.78. The maximum Gasteiger partial charge on any atom is 0.155 e. The Kier molecular flexibility index (Phi) is 3.40. The summed E-state index contributed by atoms with van der Waals surface area (Å²) in [4.78, 5) is 11.3. The number of nitrogen functional groups attached to an aromatic ring is 1. The van der Waals surface area contributed by atoms with E-state index in [1.165, 1.54) is 11.2 Å². The van der Waals surface area contributed by atoms with E-state index in [0.29, 0.717) is 5.69 Å². The summed E-state index contributed by atoms with van der Waals surface area (Å²) >= 11 is 5.14. The van der Waals surface area contributed by atoms with Crippen molar-refractivity contribution in [3.8, 4) is 0 Å². The highest BCUT2D eigenvalue weighted by atomic mass is 79.9. The first-order chi connectivity index (χ1) is 7.66. The van der Waals surface area contributed by atoms with Gasteiger partial charge in [-0.15, -0.1) is 11.3 Å². The van der Waals surface area contributed by atoms with Gasteiger partial charge in [-0.2, -0.15) is 0 Å². The molecule has 0 spiro atoms. The van der Waals surface area contributed by atoms with Crippen LogP contribution in [0.5, 0.6) is 0 Å². The third-order valence-electron chi connectivity index (χ3n) is 2.09. The zero-order chi connectivity index (χ0) is 11.5. The second kappa shape index (κ2) is 4.80. The van der Waals surface area contributed by atoms with Gasteiger partial charge < -0.3 is 10.6 Å². The van der Waals surface area contributed by atoms with Gasteiger partial charge in [0.05, 0.1) is 18.4 Å². The van der Waals surface area contributed by atoms with Crippen molar-refractivity contribution in [1.82, 2.24) is 9.97 Å². The van der Waals surface area contributed by atoms with Crippen LogP contribution in [0.25, 0.3) is 0 Å². The number of aromatic nitrogens is 2. The Labute approximate surface area is 106 Å². The first kappa shape index (κ1) is 11.3. The lowest BCUT2D eigenvalue weighted by Gasteiger charge is -2.18. The summed E-state index contributed by atoms with van der Waals surface area (Å²) in [5.74, 6) is 0.763. The molecule has 0 aliphatic rings. The second-order valence-electron chi connectivity index (χ2n) is 3.39. The molecule has 0 aromatic carbocycles. The quantitative estimate of drug-likeness (QED) is 0.946. The van der Waals surface area contributed by atoms with Gasteiger partial charge in [-0.25, -0.2) is 9.97 Å². The van der Waals surface area contributed by atoms with Crippen LogP contribution < -0.4 is 10.6 Å². The maximum atomic E-state index is 5.81. The third kappa shape index (κ3) is 2.51. The minimum atomic E-state index is 0.598. The van der Waals surface area contributed by atoms with Crippen LogP contribution in [0, 0.1) is 0 Å². The number of nitrogens with two attached hydrogens (primary N) is 1. The second-order valence-corrected chi connectivity index (χ2v) is 5.30. The molecule has 2 heterocycles. The summed E-state index contributed by atoms with van der Waals surface area (Å²) in [7, 11) is 1.96. The predicted octanol–water partition coefficient (Wildman–Crippen LogP) is 2.52. The molecule has 0 saturated heterocycles. The Hall–Kier alpha value is -1.14. The van der Waals surface area contributed by atoms with Gasteiger partial charge >= 0.3 is 0 Å². The summed E-state index contributed by atoms with van der Waals surface area (Å²) in [5.41, 5.74) is 6.41. The SMILES string of the molecule is CN(Cc1cc(Br)cs1)c1ncncc1N. The fourth-order valence-corrected chi connectivity index (χ4v) is 2.90. The highest BCUT2D eigenvalue weighted by molar-refractivity contribution is 9.10. The standard InChI is InChI=1S/C10H11BrN4S/c1-15(4-8-2-7(11)5-16-8)10-9(12)3-13-6-14-10/h2-3,5-6H,4,12H2,1H3. The van der Waals surface area contributed by atoms with E-state index in [1.54, 1.807) is 17.5 Å². The molecule has 0 aliphatic heterocycles. The predicted molar refractivity (Wildman–Crippen MR) is 70.6 cm³/mol. The van der Waals surface area contributed by atoms with Crippen LogP contribution in [0.3, 0.4) is 0 Å². The molecule has 0 radical (unpaired) electrons.